The smallest absolute Gasteiger partial charge is 0.329 e. The number of nitrogens with zero attached hydrogens (tertiary/aromatic N) is 3. The molecule has 6 rings (SSSR count). The maximum Gasteiger partial charge on any atom is 0.329 e. The number of anilines is 2. The molecule has 346 valence electrons. The summed E-state index contributed by atoms with van der Waals surface area (Å²) >= 11 is 0. The van der Waals surface area contributed by atoms with E-state index in [1.165, 1.54) is 13.8 Å². The van der Waals surface area contributed by atoms with Crippen LogP contribution < -0.4 is 28.7 Å². The van der Waals surface area contributed by atoms with Gasteiger partial charge in [0.25, 0.3) is 5.91 Å². The Morgan fingerprint density at radius 3 is 1.51 bits per heavy atom. The topological polar surface area (TPSA) is 189 Å². The van der Waals surface area contributed by atoms with Gasteiger partial charge in [-0.1, -0.05) is 104 Å². The lowest BCUT2D eigenvalue weighted by atomic mass is 10.0. The lowest BCUT2D eigenvalue weighted by Crippen LogP contribution is -2.40. The fraction of sp³-hybridized carbons (Fsp3) is 0.333. The predicted octanol–water partition coefficient (Wildman–Crippen LogP) is 6.41. The Balaban J connectivity index is 0.000000245. The molecule has 0 saturated carbocycles. The Hall–Kier alpha value is -6.46. The molecule has 4 aromatic rings. The summed E-state index contributed by atoms with van der Waals surface area (Å²) in [6, 6.07) is 29.3. The Bertz CT molecular complexity index is 2650. The average Bonchev–Trinajstić information content (AvgIpc) is 3.64. The van der Waals surface area contributed by atoms with Gasteiger partial charge in [-0.3, -0.25) is 23.5 Å². The van der Waals surface area contributed by atoms with Crippen molar-refractivity contribution >= 4 is 67.3 Å². The zero-order chi connectivity index (χ0) is 47.6. The predicted molar refractivity (Wildman–Crippen MR) is 253 cm³/mol. The summed E-state index contributed by atoms with van der Waals surface area (Å²) in [5, 5.41) is 5.69. The average molecular weight is 928 g/mol. The molecule has 17 heteroatoms. The van der Waals surface area contributed by atoms with Crippen LogP contribution in [0.15, 0.2) is 109 Å². The highest BCUT2D eigenvalue weighted by atomic mass is 32.2. The van der Waals surface area contributed by atoms with Crippen molar-refractivity contribution in [2.24, 2.45) is 0 Å². The molecule has 0 radical (unpaired) electrons. The van der Waals surface area contributed by atoms with Gasteiger partial charge in [-0.25, -0.2) is 17.0 Å². The standard InChI is InChI=1S/C25H31N3O5S.C23H26N2O5S/c1-5-15-27-24(30)17-28(34(27,31)32)22-12-11-20(13-14-25(3,4)26-19(2)29)16-23(22)33-18-21-9-7-6-8-10-21;1-17(26)24-23(2,3)12-11-18-9-10-21(25-14-20(27)16-31(25,28)29)22(13-18)30-15-19-7-5-4-6-8-19/h6-14,16H,5,15,17-18H2,1-4H3,(H,26,29);4-13H,14-16H2,1-3H3,(H,24,26)/b14-13+;12-11+. The lowest BCUT2D eigenvalue weighted by Gasteiger charge is -2.23. The van der Waals surface area contributed by atoms with Crippen LogP contribution >= 0.6 is 0 Å². The van der Waals surface area contributed by atoms with Gasteiger partial charge in [0.2, 0.25) is 21.8 Å². The molecule has 65 heavy (non-hydrogen) atoms. The molecule has 0 atom stereocenters. The Kier molecular flexibility index (Phi) is 16.0. The summed E-state index contributed by atoms with van der Waals surface area (Å²) in [6.07, 6.45) is 7.90. The SMILES string of the molecule is CC(=O)NC(C)(C)/C=C/c1ccc(N2CC(=O)CS2(=O)=O)c(OCc2ccccc2)c1.CCCN1C(=O)CN(c2ccc(/C=C/C(C)(C)NC(C)=O)cc2OCc2ccccc2)S1(=O)=O. The molecule has 2 aliphatic heterocycles. The zero-order valence-electron chi connectivity index (χ0n) is 37.7. The first kappa shape index (κ1) is 49.6. The van der Waals surface area contributed by atoms with E-state index in [-0.39, 0.29) is 50.4 Å². The van der Waals surface area contributed by atoms with Crippen LogP contribution in [0, 0.1) is 0 Å². The molecule has 2 aliphatic rings. The maximum absolute atomic E-state index is 13.1. The van der Waals surface area contributed by atoms with Crippen molar-refractivity contribution in [3.8, 4) is 11.5 Å². The van der Waals surface area contributed by atoms with Crippen molar-refractivity contribution in [1.82, 2.24) is 14.9 Å². The monoisotopic (exact) mass is 927 g/mol. The van der Waals surface area contributed by atoms with Gasteiger partial charge >= 0.3 is 10.2 Å². The van der Waals surface area contributed by atoms with E-state index in [0.717, 1.165) is 35.2 Å². The quantitative estimate of drug-likeness (QED) is 0.127. The fourth-order valence-corrected chi connectivity index (χ4v) is 10.1. The third-order valence-corrected chi connectivity index (χ3v) is 13.4. The number of rotatable bonds is 16. The molecular weight excluding hydrogens is 871 g/mol. The van der Waals surface area contributed by atoms with E-state index >= 15 is 0 Å². The molecule has 2 saturated heterocycles. The molecule has 0 aliphatic carbocycles. The van der Waals surface area contributed by atoms with Gasteiger partial charge < -0.3 is 20.1 Å². The van der Waals surface area contributed by atoms with Crippen LogP contribution in [0.2, 0.25) is 0 Å². The van der Waals surface area contributed by atoms with Crippen LogP contribution in [0.5, 0.6) is 11.5 Å². The number of carbonyl (C=O) groups is 4. The molecule has 15 nitrogen and oxygen atoms in total. The first-order valence-corrected chi connectivity index (χ1v) is 24.0. The van der Waals surface area contributed by atoms with Gasteiger partial charge in [-0.2, -0.15) is 8.42 Å². The highest BCUT2D eigenvalue weighted by Crippen LogP contribution is 2.37. The molecule has 0 unspecified atom stereocenters. The number of hydrogen-bond acceptors (Lipinski definition) is 10. The first-order chi connectivity index (χ1) is 30.6. The van der Waals surface area contributed by atoms with E-state index in [1.807, 2.05) is 120 Å². The highest BCUT2D eigenvalue weighted by molar-refractivity contribution is 7.94. The molecule has 2 fully saturated rings. The fourth-order valence-electron chi connectivity index (χ4n) is 6.99. The van der Waals surface area contributed by atoms with Gasteiger partial charge in [-0.05, 0) is 80.6 Å². The molecule has 0 bridgehead atoms. The maximum atomic E-state index is 13.1. The van der Waals surface area contributed by atoms with Crippen LogP contribution in [0.3, 0.4) is 0 Å². The van der Waals surface area contributed by atoms with E-state index in [0.29, 0.717) is 29.3 Å². The number of carbonyl (C=O) groups excluding carboxylic acids is 4. The molecule has 3 amide bonds. The minimum absolute atomic E-state index is 0.136. The summed E-state index contributed by atoms with van der Waals surface area (Å²) in [5.74, 6) is -0.887. The van der Waals surface area contributed by atoms with E-state index in [1.54, 1.807) is 36.4 Å². The molecule has 0 spiro atoms. The van der Waals surface area contributed by atoms with Gasteiger partial charge in [0, 0.05) is 20.4 Å². The normalized spacial score (nSPS) is 15.8. The van der Waals surface area contributed by atoms with Crippen molar-refractivity contribution < 1.29 is 45.5 Å². The van der Waals surface area contributed by atoms with Gasteiger partial charge in [0.05, 0.1) is 29.0 Å². The van der Waals surface area contributed by atoms with Gasteiger partial charge in [0.1, 0.15) is 37.0 Å². The summed E-state index contributed by atoms with van der Waals surface area (Å²) in [4.78, 5) is 47.0. The van der Waals surface area contributed by atoms with E-state index < -0.39 is 43.0 Å². The number of benzene rings is 4. The molecule has 2 N–H and O–H groups in total. The summed E-state index contributed by atoms with van der Waals surface area (Å²) < 4.78 is 66.2. The molecule has 2 heterocycles. The second-order valence-electron chi connectivity index (χ2n) is 16.8. The highest BCUT2D eigenvalue weighted by Gasteiger charge is 2.43. The van der Waals surface area contributed by atoms with Crippen LogP contribution in [-0.2, 0) is 52.6 Å². The Morgan fingerprint density at radius 2 is 1.11 bits per heavy atom. The summed E-state index contributed by atoms with van der Waals surface area (Å²) in [6.45, 7) is 12.4. The van der Waals surface area contributed by atoms with Crippen molar-refractivity contribution in [1.29, 1.82) is 0 Å². The number of hydrogen-bond donors (Lipinski definition) is 2. The van der Waals surface area contributed by atoms with E-state index in [2.05, 4.69) is 10.6 Å². The number of ether oxygens (including phenoxy) is 2. The third-order valence-electron chi connectivity index (χ3n) is 9.90. The number of ketones is 1. The van der Waals surface area contributed by atoms with E-state index in [4.69, 9.17) is 9.47 Å². The van der Waals surface area contributed by atoms with Crippen molar-refractivity contribution in [2.45, 2.75) is 79.2 Å². The zero-order valence-corrected chi connectivity index (χ0v) is 39.4. The molecule has 4 aromatic carbocycles. The van der Waals surface area contributed by atoms with Gasteiger partial charge in [-0.15, -0.1) is 0 Å². The molecule has 0 aromatic heterocycles. The van der Waals surface area contributed by atoms with Crippen LogP contribution in [0.1, 0.15) is 77.1 Å². The van der Waals surface area contributed by atoms with Crippen LogP contribution in [-0.4, -0.2) is 81.1 Å². The third kappa shape index (κ3) is 13.8. The first-order valence-electron chi connectivity index (χ1n) is 21.0. The number of Topliss-reactive ketones (excluding diaryl/α,β-unsaturated/α-hetero) is 1. The molecular formula is C48H57N5O10S2. The second-order valence-corrected chi connectivity index (χ2v) is 20.4. The summed E-state index contributed by atoms with van der Waals surface area (Å²) in [5.41, 5.74) is 2.91. The van der Waals surface area contributed by atoms with Crippen LogP contribution in [0.4, 0.5) is 11.4 Å². The Labute approximate surface area is 382 Å². The second kappa shape index (κ2) is 21.0. The van der Waals surface area contributed by atoms with Crippen LogP contribution in [0.25, 0.3) is 12.2 Å². The minimum atomic E-state index is -3.99. The Morgan fingerprint density at radius 1 is 0.662 bits per heavy atom. The van der Waals surface area contributed by atoms with Crippen molar-refractivity contribution in [3.05, 3.63) is 131 Å². The van der Waals surface area contributed by atoms with Crippen molar-refractivity contribution in [2.75, 3.05) is 34.0 Å². The lowest BCUT2D eigenvalue weighted by molar-refractivity contribution is -0.124. The largest absolute Gasteiger partial charge is 0.487 e. The van der Waals surface area contributed by atoms with E-state index in [9.17, 15) is 36.0 Å². The summed E-state index contributed by atoms with van der Waals surface area (Å²) in [7, 11) is -7.71. The number of nitrogens with one attached hydrogen (secondary N) is 2. The minimum Gasteiger partial charge on any atom is -0.487 e. The van der Waals surface area contributed by atoms with Gasteiger partial charge in [0.15, 0.2) is 5.78 Å². The van der Waals surface area contributed by atoms with Crippen molar-refractivity contribution in [3.63, 3.8) is 0 Å². The number of sulfonamides is 1. The number of amides is 3.